The number of non-ortho nitro benzene ring substituents is 1. The van der Waals surface area contributed by atoms with Crippen LogP contribution in [0, 0.1) is 21.4 Å². The smallest absolute Gasteiger partial charge is 0.270 e. The minimum Gasteiger partial charge on any atom is -0.302 e. The molecule has 0 saturated carbocycles. The first-order chi connectivity index (χ1) is 12.6. The van der Waals surface area contributed by atoms with Crippen LogP contribution in [0.5, 0.6) is 0 Å². The van der Waals surface area contributed by atoms with Crippen LogP contribution >= 0.6 is 11.8 Å². The highest BCUT2D eigenvalue weighted by Gasteiger charge is 2.16. The van der Waals surface area contributed by atoms with Gasteiger partial charge < -0.3 is 4.57 Å². The van der Waals surface area contributed by atoms with Crippen LogP contribution in [0.2, 0.25) is 0 Å². The van der Waals surface area contributed by atoms with Crippen molar-refractivity contribution in [3.8, 4) is 17.5 Å². The fraction of sp³-hybridized carbons (Fsp3) is 0.167. The van der Waals surface area contributed by atoms with E-state index in [-0.39, 0.29) is 5.69 Å². The van der Waals surface area contributed by atoms with Crippen molar-refractivity contribution in [3.63, 3.8) is 0 Å². The van der Waals surface area contributed by atoms with E-state index in [1.807, 2.05) is 29.7 Å². The Morgan fingerprint density at radius 2 is 2.04 bits per heavy atom. The Morgan fingerprint density at radius 3 is 2.77 bits per heavy atom. The fourth-order valence-electron chi connectivity index (χ4n) is 2.55. The molecular formula is C18H15N5O2S. The normalized spacial score (nSPS) is 10.5. The van der Waals surface area contributed by atoms with Gasteiger partial charge in [0.25, 0.3) is 5.69 Å². The van der Waals surface area contributed by atoms with Crippen LogP contribution in [-0.2, 0) is 12.3 Å². The Bertz CT molecular complexity index is 993. The molecule has 0 aliphatic carbocycles. The molecule has 0 saturated heterocycles. The molecule has 0 atom stereocenters. The van der Waals surface area contributed by atoms with Crippen molar-refractivity contribution >= 4 is 17.4 Å². The molecule has 0 aliphatic heterocycles. The first-order valence-corrected chi connectivity index (χ1v) is 8.91. The van der Waals surface area contributed by atoms with Gasteiger partial charge in [0.2, 0.25) is 0 Å². The first-order valence-electron chi connectivity index (χ1n) is 7.93. The van der Waals surface area contributed by atoms with E-state index in [9.17, 15) is 15.4 Å². The van der Waals surface area contributed by atoms with Gasteiger partial charge in [-0.2, -0.15) is 5.26 Å². The van der Waals surface area contributed by atoms with E-state index in [0.29, 0.717) is 34.4 Å². The maximum atomic E-state index is 11.0. The number of nitro benzene ring substituents is 1. The second-order valence-electron chi connectivity index (χ2n) is 5.42. The first kappa shape index (κ1) is 17.6. The molecule has 0 bridgehead atoms. The number of hydrogen-bond donors (Lipinski definition) is 0. The summed E-state index contributed by atoms with van der Waals surface area (Å²) in [5.74, 6) is 1.18. The van der Waals surface area contributed by atoms with Crippen molar-refractivity contribution in [2.24, 2.45) is 0 Å². The fourth-order valence-corrected chi connectivity index (χ4v) is 3.56. The molecule has 0 amide bonds. The maximum absolute atomic E-state index is 11.0. The lowest BCUT2D eigenvalue weighted by atomic mass is 10.1. The number of nitriles is 1. The number of benzene rings is 2. The van der Waals surface area contributed by atoms with E-state index in [0.717, 1.165) is 5.56 Å². The Balaban J connectivity index is 1.88. The van der Waals surface area contributed by atoms with E-state index in [2.05, 4.69) is 16.3 Å². The third-order valence-corrected chi connectivity index (χ3v) is 4.86. The predicted octanol–water partition coefficient (Wildman–Crippen LogP) is 4.04. The van der Waals surface area contributed by atoms with Crippen LogP contribution in [0.25, 0.3) is 11.4 Å². The average molecular weight is 365 g/mol. The highest BCUT2D eigenvalue weighted by Crippen LogP contribution is 2.28. The van der Waals surface area contributed by atoms with Gasteiger partial charge in [-0.3, -0.25) is 10.1 Å². The number of aromatic nitrogens is 3. The molecule has 0 spiro atoms. The molecule has 8 heteroatoms. The van der Waals surface area contributed by atoms with Gasteiger partial charge >= 0.3 is 0 Å². The highest BCUT2D eigenvalue weighted by atomic mass is 32.2. The summed E-state index contributed by atoms with van der Waals surface area (Å²) in [5, 5.41) is 29.3. The van der Waals surface area contributed by atoms with E-state index in [4.69, 9.17) is 0 Å². The Kier molecular flexibility index (Phi) is 5.29. The average Bonchev–Trinajstić information content (AvgIpc) is 3.09. The lowest BCUT2D eigenvalue weighted by Crippen LogP contribution is -2.00. The monoisotopic (exact) mass is 365 g/mol. The second-order valence-corrected chi connectivity index (χ2v) is 6.36. The molecule has 0 N–H and O–H groups in total. The third kappa shape index (κ3) is 3.58. The molecule has 0 aliphatic rings. The summed E-state index contributed by atoms with van der Waals surface area (Å²) in [5.41, 5.74) is 2.24. The molecule has 0 unspecified atom stereocenters. The SMILES string of the molecule is CCn1c(SCc2ccccc2C#N)nnc1-c1cccc([N+](=O)[O-])c1. The molecule has 0 radical (unpaired) electrons. The molecular weight excluding hydrogens is 350 g/mol. The summed E-state index contributed by atoms with van der Waals surface area (Å²) in [7, 11) is 0. The molecule has 130 valence electrons. The zero-order valence-electron chi connectivity index (χ0n) is 14.0. The molecule has 26 heavy (non-hydrogen) atoms. The number of thioether (sulfide) groups is 1. The van der Waals surface area contributed by atoms with Gasteiger partial charge in [-0.25, -0.2) is 0 Å². The van der Waals surface area contributed by atoms with Gasteiger partial charge in [0.15, 0.2) is 11.0 Å². The van der Waals surface area contributed by atoms with Crippen molar-refractivity contribution in [3.05, 3.63) is 69.8 Å². The summed E-state index contributed by atoms with van der Waals surface area (Å²) in [6.07, 6.45) is 0. The third-order valence-electron chi connectivity index (χ3n) is 3.84. The Hall–Kier alpha value is -3.18. The van der Waals surface area contributed by atoms with Crippen LogP contribution in [0.1, 0.15) is 18.1 Å². The molecule has 2 aromatic carbocycles. The van der Waals surface area contributed by atoms with Crippen molar-refractivity contribution < 1.29 is 4.92 Å². The summed E-state index contributed by atoms with van der Waals surface area (Å²) in [4.78, 5) is 10.6. The van der Waals surface area contributed by atoms with Crippen LogP contribution in [0.15, 0.2) is 53.7 Å². The van der Waals surface area contributed by atoms with E-state index in [1.165, 1.54) is 23.9 Å². The van der Waals surface area contributed by atoms with Crippen molar-refractivity contribution in [1.82, 2.24) is 14.8 Å². The molecule has 1 aromatic heterocycles. The van der Waals surface area contributed by atoms with Crippen LogP contribution < -0.4 is 0 Å². The predicted molar refractivity (Wildman–Crippen MR) is 98.5 cm³/mol. The van der Waals surface area contributed by atoms with Crippen molar-refractivity contribution in [2.75, 3.05) is 0 Å². The lowest BCUT2D eigenvalue weighted by molar-refractivity contribution is -0.384. The van der Waals surface area contributed by atoms with Crippen LogP contribution in [-0.4, -0.2) is 19.7 Å². The van der Waals surface area contributed by atoms with E-state index in [1.54, 1.807) is 18.2 Å². The number of nitro groups is 1. The van der Waals surface area contributed by atoms with Crippen LogP contribution in [0.4, 0.5) is 5.69 Å². The quantitative estimate of drug-likeness (QED) is 0.371. The number of nitrogens with zero attached hydrogens (tertiary/aromatic N) is 5. The molecule has 0 fully saturated rings. The van der Waals surface area contributed by atoms with Gasteiger partial charge in [0, 0.05) is 30.0 Å². The summed E-state index contributed by atoms with van der Waals surface area (Å²) < 4.78 is 1.92. The second kappa shape index (κ2) is 7.80. The highest BCUT2D eigenvalue weighted by molar-refractivity contribution is 7.98. The summed E-state index contributed by atoms with van der Waals surface area (Å²) in [6, 6.07) is 16.0. The van der Waals surface area contributed by atoms with E-state index >= 15 is 0 Å². The van der Waals surface area contributed by atoms with E-state index < -0.39 is 4.92 Å². The topological polar surface area (TPSA) is 97.6 Å². The summed E-state index contributed by atoms with van der Waals surface area (Å²) >= 11 is 1.48. The lowest BCUT2D eigenvalue weighted by Gasteiger charge is -2.08. The Morgan fingerprint density at radius 1 is 1.23 bits per heavy atom. The number of hydrogen-bond acceptors (Lipinski definition) is 6. The van der Waals surface area contributed by atoms with Gasteiger partial charge in [0.05, 0.1) is 16.6 Å². The van der Waals surface area contributed by atoms with Crippen LogP contribution in [0.3, 0.4) is 0 Å². The maximum Gasteiger partial charge on any atom is 0.270 e. The molecule has 3 rings (SSSR count). The van der Waals surface area contributed by atoms with Gasteiger partial charge in [-0.05, 0) is 18.6 Å². The van der Waals surface area contributed by atoms with Crippen molar-refractivity contribution in [1.29, 1.82) is 5.26 Å². The zero-order valence-corrected chi connectivity index (χ0v) is 14.8. The molecule has 1 heterocycles. The minimum absolute atomic E-state index is 0.0188. The standard InChI is InChI=1S/C18H15N5O2S/c1-2-22-17(13-8-5-9-16(10-13)23(24)25)20-21-18(22)26-12-15-7-4-3-6-14(15)11-19/h3-10H,2,12H2,1H3. The van der Waals surface area contributed by atoms with Crippen molar-refractivity contribution in [2.45, 2.75) is 24.4 Å². The van der Waals surface area contributed by atoms with Gasteiger partial charge in [-0.15, -0.1) is 10.2 Å². The summed E-state index contributed by atoms with van der Waals surface area (Å²) in [6.45, 7) is 2.60. The van der Waals surface area contributed by atoms with Gasteiger partial charge in [0.1, 0.15) is 0 Å². The Labute approximate surface area is 154 Å². The largest absolute Gasteiger partial charge is 0.302 e. The minimum atomic E-state index is -0.426. The number of rotatable bonds is 6. The molecule has 7 nitrogen and oxygen atoms in total. The van der Waals surface area contributed by atoms with Gasteiger partial charge in [-0.1, -0.05) is 42.1 Å². The zero-order chi connectivity index (χ0) is 18.5. The molecule has 3 aromatic rings.